The van der Waals surface area contributed by atoms with Gasteiger partial charge in [-0.3, -0.25) is 0 Å². The molecule has 0 spiro atoms. The summed E-state index contributed by atoms with van der Waals surface area (Å²) in [5, 5.41) is 9.11. The number of hydrogen-bond donors (Lipinski definition) is 0. The Kier molecular flexibility index (Phi) is 4.01. The van der Waals surface area contributed by atoms with Crippen molar-refractivity contribution in [2.75, 3.05) is 6.26 Å². The van der Waals surface area contributed by atoms with Gasteiger partial charge in [-0.25, -0.2) is 9.97 Å². The van der Waals surface area contributed by atoms with Gasteiger partial charge < -0.3 is 0 Å². The lowest BCUT2D eigenvalue weighted by atomic mass is 10.5. The average Bonchev–Trinajstić information content (AvgIpc) is 2.64. The summed E-state index contributed by atoms with van der Waals surface area (Å²) in [7, 11) is 0. The van der Waals surface area contributed by atoms with Gasteiger partial charge in [0, 0.05) is 5.69 Å². The first kappa shape index (κ1) is 12.1. The molecular formula is C8H7ClN4S3. The molecule has 2 aromatic rings. The second-order valence-corrected chi connectivity index (χ2v) is 6.39. The molecule has 0 aliphatic rings. The highest BCUT2D eigenvalue weighted by Crippen LogP contribution is 2.32. The predicted molar refractivity (Wildman–Crippen MR) is 67.6 cm³/mol. The number of thioether (sulfide) groups is 1. The van der Waals surface area contributed by atoms with E-state index in [-0.39, 0.29) is 5.28 Å². The average molecular weight is 291 g/mol. The van der Waals surface area contributed by atoms with Gasteiger partial charge in [-0.1, -0.05) is 23.1 Å². The summed E-state index contributed by atoms with van der Waals surface area (Å²) in [6, 6.07) is 1.87. The normalized spacial score (nSPS) is 10.7. The Balaban J connectivity index is 2.19. The third-order valence-corrected chi connectivity index (χ3v) is 4.59. The SMILES string of the molecule is CSc1nnc(Sc2cc(C)nc(Cl)n2)s1. The molecule has 16 heavy (non-hydrogen) atoms. The largest absolute Gasteiger partial charge is 0.223 e. The number of rotatable bonds is 3. The van der Waals surface area contributed by atoms with E-state index in [9.17, 15) is 0 Å². The van der Waals surface area contributed by atoms with Crippen LogP contribution in [0, 0.1) is 6.92 Å². The second-order valence-electron chi connectivity index (χ2n) is 2.76. The van der Waals surface area contributed by atoms with E-state index >= 15 is 0 Å². The van der Waals surface area contributed by atoms with Gasteiger partial charge in [-0.2, -0.15) is 0 Å². The zero-order valence-corrected chi connectivity index (χ0v) is 11.7. The summed E-state index contributed by atoms with van der Waals surface area (Å²) in [5.41, 5.74) is 0.845. The first-order valence-corrected chi connectivity index (χ1v) is 7.47. The fraction of sp³-hybridized carbons (Fsp3) is 0.250. The van der Waals surface area contributed by atoms with E-state index in [1.807, 2.05) is 19.2 Å². The fourth-order valence-corrected chi connectivity index (χ4v) is 3.69. The van der Waals surface area contributed by atoms with Crippen LogP contribution in [0.15, 0.2) is 19.8 Å². The van der Waals surface area contributed by atoms with Crippen LogP contribution in [-0.2, 0) is 0 Å². The maximum absolute atomic E-state index is 5.78. The minimum atomic E-state index is 0.261. The van der Waals surface area contributed by atoms with Gasteiger partial charge in [-0.05, 0) is 42.6 Å². The third-order valence-electron chi connectivity index (χ3n) is 1.56. The minimum Gasteiger partial charge on any atom is -0.223 e. The second kappa shape index (κ2) is 5.31. The minimum absolute atomic E-state index is 0.261. The molecule has 0 saturated carbocycles. The van der Waals surface area contributed by atoms with Crippen molar-refractivity contribution in [2.24, 2.45) is 0 Å². The van der Waals surface area contributed by atoms with Gasteiger partial charge in [0.15, 0.2) is 8.68 Å². The maximum atomic E-state index is 5.78. The quantitative estimate of drug-likeness (QED) is 0.492. The summed E-state index contributed by atoms with van der Waals surface area (Å²) < 4.78 is 1.80. The van der Waals surface area contributed by atoms with Crippen LogP contribution in [0.1, 0.15) is 5.69 Å². The lowest BCUT2D eigenvalue weighted by Crippen LogP contribution is -1.88. The van der Waals surface area contributed by atoms with Gasteiger partial charge in [0.05, 0.1) is 0 Å². The van der Waals surface area contributed by atoms with Gasteiger partial charge in [0.25, 0.3) is 0 Å². The van der Waals surface area contributed by atoms with E-state index in [0.29, 0.717) is 0 Å². The molecule has 0 fully saturated rings. The molecule has 0 atom stereocenters. The Labute approximate surface area is 110 Å². The van der Waals surface area contributed by atoms with Gasteiger partial charge in [-0.15, -0.1) is 10.2 Å². The molecular weight excluding hydrogens is 284 g/mol. The highest BCUT2D eigenvalue weighted by atomic mass is 35.5. The van der Waals surface area contributed by atoms with Gasteiger partial charge in [0.1, 0.15) is 5.03 Å². The zero-order chi connectivity index (χ0) is 11.5. The number of aryl methyl sites for hydroxylation is 1. The maximum Gasteiger partial charge on any atom is 0.223 e. The number of hydrogen-bond acceptors (Lipinski definition) is 7. The van der Waals surface area contributed by atoms with Crippen molar-refractivity contribution in [3.8, 4) is 0 Å². The van der Waals surface area contributed by atoms with E-state index in [2.05, 4.69) is 20.2 Å². The zero-order valence-electron chi connectivity index (χ0n) is 8.47. The van der Waals surface area contributed by atoms with E-state index in [4.69, 9.17) is 11.6 Å². The number of aromatic nitrogens is 4. The third kappa shape index (κ3) is 3.07. The Morgan fingerprint density at radius 2 is 2.00 bits per heavy atom. The van der Waals surface area contributed by atoms with E-state index in [0.717, 1.165) is 19.4 Å². The summed E-state index contributed by atoms with van der Waals surface area (Å²) in [4.78, 5) is 8.12. The Morgan fingerprint density at radius 3 is 2.62 bits per heavy atom. The molecule has 0 aliphatic heterocycles. The molecule has 0 amide bonds. The lowest BCUT2D eigenvalue weighted by Gasteiger charge is -1.98. The molecule has 0 unspecified atom stereocenters. The smallest absolute Gasteiger partial charge is 0.223 e. The molecule has 2 aromatic heterocycles. The van der Waals surface area contributed by atoms with Crippen molar-refractivity contribution in [2.45, 2.75) is 20.6 Å². The van der Waals surface area contributed by atoms with Crippen LogP contribution < -0.4 is 0 Å². The summed E-state index contributed by atoms with van der Waals surface area (Å²) >= 11 is 10.3. The topological polar surface area (TPSA) is 51.6 Å². The fourth-order valence-electron chi connectivity index (χ4n) is 0.967. The van der Waals surface area contributed by atoms with Crippen LogP contribution in [0.3, 0.4) is 0 Å². The molecule has 4 nitrogen and oxygen atoms in total. The standard InChI is InChI=1S/C8H7ClN4S3/c1-4-3-5(11-6(9)10-4)15-8-13-12-7(14-2)16-8/h3H,1-2H3. The molecule has 0 aliphatic carbocycles. The molecule has 84 valence electrons. The van der Waals surface area contributed by atoms with Crippen LogP contribution in [0.2, 0.25) is 5.28 Å². The van der Waals surface area contributed by atoms with Crippen LogP contribution in [0.4, 0.5) is 0 Å². The van der Waals surface area contributed by atoms with E-state index in [1.165, 1.54) is 23.1 Å². The first-order valence-electron chi connectivity index (χ1n) is 4.24. The molecule has 0 saturated heterocycles. The van der Waals surface area contributed by atoms with Crippen molar-refractivity contribution in [3.05, 3.63) is 17.0 Å². The van der Waals surface area contributed by atoms with Gasteiger partial charge >= 0.3 is 0 Å². The summed E-state index contributed by atoms with van der Waals surface area (Å²) in [6.07, 6.45) is 1.97. The van der Waals surface area contributed by atoms with Gasteiger partial charge in [0.2, 0.25) is 5.28 Å². The molecule has 0 aromatic carbocycles. The van der Waals surface area contributed by atoms with Crippen LogP contribution in [0.5, 0.6) is 0 Å². The number of nitrogens with zero attached hydrogens (tertiary/aromatic N) is 4. The van der Waals surface area contributed by atoms with Crippen molar-refractivity contribution in [1.29, 1.82) is 0 Å². The van der Waals surface area contributed by atoms with Crippen molar-refractivity contribution in [3.63, 3.8) is 0 Å². The molecule has 0 bridgehead atoms. The molecule has 8 heteroatoms. The highest BCUT2D eigenvalue weighted by molar-refractivity contribution is 8.02. The Bertz CT molecular complexity index is 482. The van der Waals surface area contributed by atoms with E-state index in [1.54, 1.807) is 11.8 Å². The molecule has 0 N–H and O–H groups in total. The summed E-state index contributed by atoms with van der Waals surface area (Å²) in [6.45, 7) is 1.88. The molecule has 0 radical (unpaired) electrons. The predicted octanol–water partition coefficient (Wildman–Crippen LogP) is 3.16. The monoisotopic (exact) mass is 290 g/mol. The van der Waals surface area contributed by atoms with Crippen molar-refractivity contribution < 1.29 is 0 Å². The lowest BCUT2D eigenvalue weighted by molar-refractivity contribution is 0.949. The number of halogens is 1. The Morgan fingerprint density at radius 1 is 1.25 bits per heavy atom. The molecule has 2 heterocycles. The van der Waals surface area contributed by atoms with E-state index < -0.39 is 0 Å². The Hall–Kier alpha value is -0.370. The van der Waals surface area contributed by atoms with Crippen LogP contribution in [0.25, 0.3) is 0 Å². The van der Waals surface area contributed by atoms with Crippen LogP contribution in [-0.4, -0.2) is 26.4 Å². The summed E-state index contributed by atoms with van der Waals surface area (Å²) in [5.74, 6) is 0. The van der Waals surface area contributed by atoms with Crippen molar-refractivity contribution >= 4 is 46.5 Å². The highest BCUT2D eigenvalue weighted by Gasteiger charge is 2.07. The first-order chi connectivity index (χ1) is 7.67. The molecule has 2 rings (SSSR count). The van der Waals surface area contributed by atoms with Crippen molar-refractivity contribution in [1.82, 2.24) is 20.2 Å². The van der Waals surface area contributed by atoms with Crippen LogP contribution >= 0.6 is 46.5 Å².